The van der Waals surface area contributed by atoms with Crippen LogP contribution in [0.2, 0.25) is 0 Å². The maximum absolute atomic E-state index is 8.41. The first-order chi connectivity index (χ1) is 8.88. The quantitative estimate of drug-likeness (QED) is 0.376. The van der Waals surface area contributed by atoms with E-state index < -0.39 is 0 Å². The first kappa shape index (κ1) is 10.4. The molecule has 5 heteroatoms. The molecular formula is C13H9N5. The van der Waals surface area contributed by atoms with Gasteiger partial charge >= 0.3 is 0 Å². The monoisotopic (exact) mass is 235 g/mol. The van der Waals surface area contributed by atoms with Gasteiger partial charge in [-0.1, -0.05) is 29.4 Å². The lowest BCUT2D eigenvalue weighted by Crippen LogP contribution is -1.90. The van der Waals surface area contributed by atoms with Gasteiger partial charge in [-0.25, -0.2) is 4.98 Å². The second-order valence-corrected chi connectivity index (χ2v) is 3.81. The van der Waals surface area contributed by atoms with Crippen LogP contribution in [0.3, 0.4) is 0 Å². The molecule has 0 spiro atoms. The summed E-state index contributed by atoms with van der Waals surface area (Å²) in [5.41, 5.74) is 11.8. The average Bonchev–Trinajstić information content (AvgIpc) is 2.83. The third-order valence-electron chi connectivity index (χ3n) is 2.73. The van der Waals surface area contributed by atoms with Crippen molar-refractivity contribution in [1.29, 1.82) is 0 Å². The highest BCUT2D eigenvalue weighted by atomic mass is 15.1. The van der Waals surface area contributed by atoms with E-state index in [0.717, 1.165) is 16.7 Å². The molecule has 0 bridgehead atoms. The molecule has 0 N–H and O–H groups in total. The van der Waals surface area contributed by atoms with E-state index in [4.69, 9.17) is 5.53 Å². The van der Waals surface area contributed by atoms with Crippen molar-refractivity contribution < 1.29 is 0 Å². The molecule has 0 aliphatic carbocycles. The van der Waals surface area contributed by atoms with E-state index in [-0.39, 0.29) is 0 Å². The zero-order valence-corrected chi connectivity index (χ0v) is 9.43. The Morgan fingerprint density at radius 3 is 2.72 bits per heavy atom. The summed E-state index contributed by atoms with van der Waals surface area (Å²) in [6, 6.07) is 15.4. The predicted molar refractivity (Wildman–Crippen MR) is 69.9 cm³/mol. The number of para-hydroxylation sites is 1. The number of hydrogen-bond donors (Lipinski definition) is 0. The number of nitrogens with zero attached hydrogens (tertiary/aromatic N) is 5. The molecule has 2 aromatic carbocycles. The largest absolute Gasteiger partial charge is 0.299 e. The molecule has 1 heterocycles. The number of fused-ring (bicyclic) bond motifs is 1. The van der Waals surface area contributed by atoms with Crippen molar-refractivity contribution in [1.82, 2.24) is 9.55 Å². The summed E-state index contributed by atoms with van der Waals surface area (Å²) in [7, 11) is 0. The van der Waals surface area contributed by atoms with Crippen LogP contribution < -0.4 is 0 Å². The molecule has 0 saturated heterocycles. The second-order valence-electron chi connectivity index (χ2n) is 3.81. The van der Waals surface area contributed by atoms with Gasteiger partial charge in [0, 0.05) is 16.3 Å². The molecule has 0 atom stereocenters. The fourth-order valence-electron chi connectivity index (χ4n) is 1.91. The molecule has 0 amide bonds. The van der Waals surface area contributed by atoms with Crippen LogP contribution in [0.25, 0.3) is 27.2 Å². The topological polar surface area (TPSA) is 66.6 Å². The Morgan fingerprint density at radius 1 is 1.11 bits per heavy atom. The van der Waals surface area contributed by atoms with Crippen LogP contribution in [0.15, 0.2) is 60.0 Å². The van der Waals surface area contributed by atoms with Crippen molar-refractivity contribution in [3.8, 4) is 5.69 Å². The van der Waals surface area contributed by atoms with Crippen LogP contribution in [-0.2, 0) is 0 Å². The lowest BCUT2D eigenvalue weighted by Gasteiger charge is -2.03. The summed E-state index contributed by atoms with van der Waals surface area (Å²) in [5.74, 6) is 0. The molecule has 0 fully saturated rings. The van der Waals surface area contributed by atoms with Gasteiger partial charge in [0.05, 0.1) is 11.0 Å². The zero-order valence-electron chi connectivity index (χ0n) is 9.43. The molecule has 3 rings (SSSR count). The van der Waals surface area contributed by atoms with Gasteiger partial charge in [0.15, 0.2) is 0 Å². The van der Waals surface area contributed by atoms with E-state index in [1.165, 1.54) is 0 Å². The van der Waals surface area contributed by atoms with Crippen LogP contribution in [0.4, 0.5) is 5.69 Å². The van der Waals surface area contributed by atoms with Crippen molar-refractivity contribution in [3.63, 3.8) is 0 Å². The van der Waals surface area contributed by atoms with Crippen LogP contribution in [-0.4, -0.2) is 9.55 Å². The van der Waals surface area contributed by atoms with Crippen molar-refractivity contribution in [2.24, 2.45) is 5.11 Å². The van der Waals surface area contributed by atoms with Crippen LogP contribution >= 0.6 is 0 Å². The minimum Gasteiger partial charge on any atom is -0.299 e. The van der Waals surface area contributed by atoms with Crippen LogP contribution in [0.5, 0.6) is 0 Å². The molecule has 5 nitrogen and oxygen atoms in total. The third kappa shape index (κ3) is 1.69. The molecule has 0 aliphatic heterocycles. The molecular weight excluding hydrogens is 226 g/mol. The highest BCUT2D eigenvalue weighted by Crippen LogP contribution is 2.22. The van der Waals surface area contributed by atoms with Gasteiger partial charge in [-0.3, -0.25) is 4.57 Å². The van der Waals surface area contributed by atoms with Gasteiger partial charge < -0.3 is 0 Å². The summed E-state index contributed by atoms with van der Waals surface area (Å²) in [6.07, 6.45) is 1.76. The number of hydrogen-bond acceptors (Lipinski definition) is 2. The van der Waals surface area contributed by atoms with Gasteiger partial charge in [-0.15, -0.1) is 0 Å². The number of imidazole rings is 1. The SMILES string of the molecule is [N-]=[N+]=Nc1ccc2c(c1)ncn2-c1ccccc1. The van der Waals surface area contributed by atoms with E-state index in [1.54, 1.807) is 18.5 Å². The normalized spacial score (nSPS) is 10.2. The first-order valence-electron chi connectivity index (χ1n) is 5.46. The third-order valence-corrected chi connectivity index (χ3v) is 2.73. The summed E-state index contributed by atoms with van der Waals surface area (Å²) < 4.78 is 2.00. The fourth-order valence-corrected chi connectivity index (χ4v) is 1.91. The Morgan fingerprint density at radius 2 is 1.94 bits per heavy atom. The minimum atomic E-state index is 0.573. The van der Waals surface area contributed by atoms with Gasteiger partial charge in [0.1, 0.15) is 6.33 Å². The second kappa shape index (κ2) is 4.24. The van der Waals surface area contributed by atoms with E-state index in [0.29, 0.717) is 5.69 Å². The number of aromatic nitrogens is 2. The summed E-state index contributed by atoms with van der Waals surface area (Å²) >= 11 is 0. The van der Waals surface area contributed by atoms with E-state index in [9.17, 15) is 0 Å². The Hall–Kier alpha value is -2.78. The molecule has 0 radical (unpaired) electrons. The fraction of sp³-hybridized carbons (Fsp3) is 0. The maximum atomic E-state index is 8.41. The van der Waals surface area contributed by atoms with Crippen LogP contribution in [0, 0.1) is 0 Å². The number of benzene rings is 2. The van der Waals surface area contributed by atoms with Crippen molar-refractivity contribution in [3.05, 3.63) is 65.3 Å². The standard InChI is InChI=1S/C13H9N5/c14-17-16-10-6-7-13-12(8-10)15-9-18(13)11-4-2-1-3-5-11/h1-9H. The van der Waals surface area contributed by atoms with E-state index in [2.05, 4.69) is 15.0 Å². The van der Waals surface area contributed by atoms with Crippen molar-refractivity contribution >= 4 is 16.7 Å². The smallest absolute Gasteiger partial charge is 0.100 e. The number of rotatable bonds is 2. The zero-order chi connectivity index (χ0) is 12.4. The maximum Gasteiger partial charge on any atom is 0.100 e. The molecule has 0 unspecified atom stereocenters. The summed E-state index contributed by atoms with van der Waals surface area (Å²) in [6.45, 7) is 0. The van der Waals surface area contributed by atoms with Crippen LogP contribution in [0.1, 0.15) is 0 Å². The highest BCUT2D eigenvalue weighted by Gasteiger charge is 2.04. The van der Waals surface area contributed by atoms with Crippen molar-refractivity contribution in [2.75, 3.05) is 0 Å². The lowest BCUT2D eigenvalue weighted by molar-refractivity contribution is 1.09. The Labute approximate surface area is 103 Å². The van der Waals surface area contributed by atoms with Gasteiger partial charge in [0.2, 0.25) is 0 Å². The van der Waals surface area contributed by atoms with E-state index in [1.807, 2.05) is 41.0 Å². The minimum absolute atomic E-state index is 0.573. The Kier molecular flexibility index (Phi) is 2.44. The molecule has 0 saturated carbocycles. The molecule has 3 aromatic rings. The van der Waals surface area contributed by atoms with Crippen molar-refractivity contribution in [2.45, 2.75) is 0 Å². The summed E-state index contributed by atoms with van der Waals surface area (Å²) in [4.78, 5) is 7.09. The molecule has 18 heavy (non-hydrogen) atoms. The first-order valence-corrected chi connectivity index (χ1v) is 5.46. The highest BCUT2D eigenvalue weighted by molar-refractivity contribution is 5.80. The Bertz CT molecular complexity index is 738. The summed E-state index contributed by atoms with van der Waals surface area (Å²) in [5, 5.41) is 3.57. The lowest BCUT2D eigenvalue weighted by atomic mass is 10.2. The molecule has 1 aromatic heterocycles. The van der Waals surface area contributed by atoms with Gasteiger partial charge in [-0.2, -0.15) is 0 Å². The van der Waals surface area contributed by atoms with Gasteiger partial charge in [-0.05, 0) is 29.8 Å². The van der Waals surface area contributed by atoms with Gasteiger partial charge in [0.25, 0.3) is 0 Å². The molecule has 86 valence electrons. The predicted octanol–water partition coefficient (Wildman–Crippen LogP) is 3.97. The Balaban J connectivity index is 2.19. The molecule has 0 aliphatic rings. The van der Waals surface area contributed by atoms with E-state index >= 15 is 0 Å². The number of azide groups is 1. The average molecular weight is 235 g/mol.